The number of aromatic nitrogens is 1. The molecule has 0 radical (unpaired) electrons. The Labute approximate surface area is 179 Å². The second-order valence-electron chi connectivity index (χ2n) is 6.98. The fourth-order valence-corrected chi connectivity index (χ4v) is 4.50. The van der Waals surface area contributed by atoms with E-state index in [4.69, 9.17) is 0 Å². The number of non-ortho nitro benzene ring substituents is 1. The maximum atomic E-state index is 12.6. The van der Waals surface area contributed by atoms with Crippen LogP contribution in [0.15, 0.2) is 77.8 Å². The maximum Gasteiger partial charge on any atom is 0.278 e. The van der Waals surface area contributed by atoms with Crippen molar-refractivity contribution in [1.82, 2.24) is 9.71 Å². The number of sulfonamides is 1. The Morgan fingerprint density at radius 1 is 0.935 bits per heavy atom. The Hall–Kier alpha value is -3.56. The quantitative estimate of drug-likeness (QED) is 0.244. The predicted molar refractivity (Wildman–Crippen MR) is 121 cm³/mol. The number of benzene rings is 3. The number of anilines is 1. The standard InChI is InChI=1S/C22H20N4O4S/c27-26(28)21-11-10-20(22-19(21)7-3-12-24-22)23-13-4-14-25-31(29,30)18-9-8-16-5-1-2-6-17(16)15-18/h1-3,5-12,15,23,25H,4,13-14H2. The van der Waals surface area contributed by atoms with Gasteiger partial charge in [0, 0.05) is 25.4 Å². The molecule has 2 N–H and O–H groups in total. The van der Waals surface area contributed by atoms with E-state index >= 15 is 0 Å². The lowest BCUT2D eigenvalue weighted by atomic mass is 10.1. The molecule has 0 spiro atoms. The molecule has 0 atom stereocenters. The van der Waals surface area contributed by atoms with Crippen LogP contribution < -0.4 is 10.0 Å². The molecule has 4 rings (SSSR count). The summed E-state index contributed by atoms with van der Waals surface area (Å²) in [6.07, 6.45) is 2.10. The van der Waals surface area contributed by atoms with Crippen LogP contribution in [0.3, 0.4) is 0 Å². The van der Waals surface area contributed by atoms with Crippen molar-refractivity contribution >= 4 is 43.1 Å². The lowest BCUT2D eigenvalue weighted by Gasteiger charge is -2.11. The molecular weight excluding hydrogens is 416 g/mol. The average Bonchev–Trinajstić information content (AvgIpc) is 2.78. The van der Waals surface area contributed by atoms with E-state index in [-0.39, 0.29) is 17.1 Å². The molecule has 1 heterocycles. The van der Waals surface area contributed by atoms with Gasteiger partial charge in [-0.25, -0.2) is 13.1 Å². The number of nitro benzene ring substituents is 1. The Bertz CT molecular complexity index is 1370. The first-order valence-electron chi connectivity index (χ1n) is 9.70. The Morgan fingerprint density at radius 2 is 1.74 bits per heavy atom. The number of pyridine rings is 1. The van der Waals surface area contributed by atoms with Gasteiger partial charge in [-0.3, -0.25) is 15.1 Å². The van der Waals surface area contributed by atoms with Gasteiger partial charge in [-0.15, -0.1) is 0 Å². The highest BCUT2D eigenvalue weighted by Gasteiger charge is 2.15. The van der Waals surface area contributed by atoms with Crippen LogP contribution in [0.5, 0.6) is 0 Å². The van der Waals surface area contributed by atoms with E-state index in [1.165, 1.54) is 6.07 Å². The van der Waals surface area contributed by atoms with Gasteiger partial charge in [0.05, 0.1) is 20.9 Å². The summed E-state index contributed by atoms with van der Waals surface area (Å²) in [4.78, 5) is 15.2. The highest BCUT2D eigenvalue weighted by Crippen LogP contribution is 2.29. The average molecular weight is 436 g/mol. The highest BCUT2D eigenvalue weighted by molar-refractivity contribution is 7.89. The normalized spacial score (nSPS) is 11.6. The van der Waals surface area contributed by atoms with Crippen LogP contribution in [0, 0.1) is 10.1 Å². The van der Waals surface area contributed by atoms with Crippen molar-refractivity contribution in [1.29, 1.82) is 0 Å². The molecule has 0 saturated carbocycles. The van der Waals surface area contributed by atoms with Crippen molar-refractivity contribution in [2.24, 2.45) is 0 Å². The topological polar surface area (TPSA) is 114 Å². The number of hydrogen-bond donors (Lipinski definition) is 2. The molecule has 9 heteroatoms. The van der Waals surface area contributed by atoms with Crippen LogP contribution in [-0.2, 0) is 10.0 Å². The summed E-state index contributed by atoms with van der Waals surface area (Å²) in [6, 6.07) is 19.0. The van der Waals surface area contributed by atoms with E-state index in [9.17, 15) is 18.5 Å². The first-order chi connectivity index (χ1) is 15.0. The molecular formula is C22H20N4O4S. The van der Waals surface area contributed by atoms with Gasteiger partial charge in [-0.1, -0.05) is 30.3 Å². The molecule has 31 heavy (non-hydrogen) atoms. The van der Waals surface area contributed by atoms with Crippen LogP contribution in [-0.4, -0.2) is 31.4 Å². The van der Waals surface area contributed by atoms with Crippen molar-refractivity contribution in [3.05, 3.63) is 83.0 Å². The van der Waals surface area contributed by atoms with Gasteiger partial charge in [0.1, 0.15) is 5.52 Å². The molecule has 1 aromatic heterocycles. The van der Waals surface area contributed by atoms with E-state index < -0.39 is 14.9 Å². The maximum absolute atomic E-state index is 12.6. The van der Waals surface area contributed by atoms with Crippen LogP contribution >= 0.6 is 0 Å². The summed E-state index contributed by atoms with van der Waals surface area (Å²) in [5.74, 6) is 0. The molecule has 0 fully saturated rings. The zero-order valence-electron chi connectivity index (χ0n) is 16.5. The highest BCUT2D eigenvalue weighted by atomic mass is 32.2. The fourth-order valence-electron chi connectivity index (χ4n) is 3.40. The molecule has 3 aromatic carbocycles. The van der Waals surface area contributed by atoms with Crippen molar-refractivity contribution in [3.63, 3.8) is 0 Å². The predicted octanol–water partition coefficient (Wildman–Crippen LogP) is 4.08. The minimum absolute atomic E-state index is 0.00297. The van der Waals surface area contributed by atoms with Gasteiger partial charge < -0.3 is 5.32 Å². The van der Waals surface area contributed by atoms with Crippen molar-refractivity contribution in [2.45, 2.75) is 11.3 Å². The van der Waals surface area contributed by atoms with E-state index in [1.807, 2.05) is 24.3 Å². The number of nitrogens with zero attached hydrogens (tertiary/aromatic N) is 2. The molecule has 0 saturated heterocycles. The summed E-state index contributed by atoms with van der Waals surface area (Å²) in [5, 5.41) is 16.7. The molecule has 8 nitrogen and oxygen atoms in total. The van der Waals surface area contributed by atoms with E-state index in [1.54, 1.807) is 42.6 Å². The molecule has 0 aliphatic heterocycles. The minimum atomic E-state index is -3.61. The molecule has 4 aromatic rings. The molecule has 0 amide bonds. The largest absolute Gasteiger partial charge is 0.383 e. The number of rotatable bonds is 8. The molecule has 0 bridgehead atoms. The van der Waals surface area contributed by atoms with E-state index in [2.05, 4.69) is 15.0 Å². The number of hydrogen-bond acceptors (Lipinski definition) is 6. The van der Waals surface area contributed by atoms with Gasteiger partial charge in [-0.05, 0) is 47.5 Å². The van der Waals surface area contributed by atoms with E-state index in [0.29, 0.717) is 29.6 Å². The summed E-state index contributed by atoms with van der Waals surface area (Å²) in [7, 11) is -3.61. The van der Waals surface area contributed by atoms with Crippen molar-refractivity contribution in [2.75, 3.05) is 18.4 Å². The summed E-state index contributed by atoms with van der Waals surface area (Å²) in [6.45, 7) is 0.726. The third-order valence-electron chi connectivity index (χ3n) is 4.94. The summed E-state index contributed by atoms with van der Waals surface area (Å²) < 4.78 is 27.8. The molecule has 0 unspecified atom stereocenters. The Morgan fingerprint density at radius 3 is 2.55 bits per heavy atom. The second-order valence-corrected chi connectivity index (χ2v) is 8.74. The minimum Gasteiger partial charge on any atom is -0.383 e. The van der Waals surface area contributed by atoms with Crippen LogP contribution in [0.2, 0.25) is 0 Å². The third-order valence-corrected chi connectivity index (χ3v) is 6.39. The van der Waals surface area contributed by atoms with Gasteiger partial charge in [-0.2, -0.15) is 0 Å². The SMILES string of the molecule is O=[N+]([O-])c1ccc(NCCCNS(=O)(=O)c2ccc3ccccc3c2)c2ncccc12. The van der Waals surface area contributed by atoms with E-state index in [0.717, 1.165) is 10.8 Å². The summed E-state index contributed by atoms with van der Waals surface area (Å²) >= 11 is 0. The smallest absolute Gasteiger partial charge is 0.278 e. The number of nitro groups is 1. The van der Waals surface area contributed by atoms with Crippen molar-refractivity contribution < 1.29 is 13.3 Å². The lowest BCUT2D eigenvalue weighted by Crippen LogP contribution is -2.26. The molecule has 0 aliphatic carbocycles. The fraction of sp³-hybridized carbons (Fsp3) is 0.136. The van der Waals surface area contributed by atoms with Crippen LogP contribution in [0.1, 0.15) is 6.42 Å². The monoisotopic (exact) mass is 436 g/mol. The third kappa shape index (κ3) is 4.47. The van der Waals surface area contributed by atoms with Crippen molar-refractivity contribution in [3.8, 4) is 0 Å². The first kappa shape index (κ1) is 20.7. The molecule has 0 aliphatic rings. The van der Waals surface area contributed by atoms with Gasteiger partial charge in [0.25, 0.3) is 5.69 Å². The zero-order valence-corrected chi connectivity index (χ0v) is 17.3. The van der Waals surface area contributed by atoms with Gasteiger partial charge >= 0.3 is 0 Å². The summed E-state index contributed by atoms with van der Waals surface area (Å²) in [5.41, 5.74) is 1.17. The second kappa shape index (κ2) is 8.66. The van der Waals surface area contributed by atoms with Crippen LogP contribution in [0.4, 0.5) is 11.4 Å². The lowest BCUT2D eigenvalue weighted by molar-refractivity contribution is -0.383. The van der Waals surface area contributed by atoms with Gasteiger partial charge in [0.15, 0.2) is 0 Å². The van der Waals surface area contributed by atoms with Gasteiger partial charge in [0.2, 0.25) is 10.0 Å². The van der Waals surface area contributed by atoms with Crippen LogP contribution in [0.25, 0.3) is 21.7 Å². The Balaban J connectivity index is 1.38. The zero-order chi connectivity index (χ0) is 21.8. The first-order valence-corrected chi connectivity index (χ1v) is 11.2. The number of fused-ring (bicyclic) bond motifs is 2. The molecule has 158 valence electrons. The number of nitrogens with one attached hydrogen (secondary N) is 2. The Kier molecular flexibility index (Phi) is 5.79.